The first-order chi connectivity index (χ1) is 13.4. The summed E-state index contributed by atoms with van der Waals surface area (Å²) in [5.74, 6) is 0.113. The third-order valence-electron chi connectivity index (χ3n) is 5.23. The molecule has 0 aliphatic carbocycles. The Morgan fingerprint density at radius 1 is 0.821 bits per heavy atom. The van der Waals surface area contributed by atoms with Gasteiger partial charge in [-0.05, 0) is 25.0 Å². The lowest BCUT2D eigenvalue weighted by atomic mass is 9.80. The summed E-state index contributed by atoms with van der Waals surface area (Å²) in [5, 5.41) is 12.3. The molecule has 2 atom stereocenters. The van der Waals surface area contributed by atoms with Gasteiger partial charge in [-0.2, -0.15) is 5.06 Å². The van der Waals surface area contributed by atoms with Crippen LogP contribution < -0.4 is 0 Å². The van der Waals surface area contributed by atoms with E-state index in [1.54, 1.807) is 0 Å². The summed E-state index contributed by atoms with van der Waals surface area (Å²) in [6, 6.07) is 19.7. The number of rotatable bonds is 8. The van der Waals surface area contributed by atoms with E-state index in [0.29, 0.717) is 13.2 Å². The quantitative estimate of drug-likeness (QED) is 0.747. The van der Waals surface area contributed by atoms with E-state index in [9.17, 15) is 10.0 Å². The van der Waals surface area contributed by atoms with Crippen LogP contribution in [0.3, 0.4) is 0 Å². The number of Topliss-reactive ketones (excluding diaryl/α,β-unsaturated/α-hetero) is 1. The lowest BCUT2D eigenvalue weighted by Gasteiger charge is -2.50. The number of piperidine rings is 1. The summed E-state index contributed by atoms with van der Waals surface area (Å²) in [4.78, 5) is 12.5. The van der Waals surface area contributed by atoms with Gasteiger partial charge in [-0.3, -0.25) is 4.79 Å². The van der Waals surface area contributed by atoms with Crippen LogP contribution in [-0.2, 0) is 27.5 Å². The first-order valence-corrected chi connectivity index (χ1v) is 9.66. The van der Waals surface area contributed by atoms with Crippen LogP contribution in [0.2, 0.25) is 0 Å². The zero-order valence-electron chi connectivity index (χ0n) is 16.6. The van der Waals surface area contributed by atoms with Crippen LogP contribution in [0.1, 0.15) is 37.8 Å². The highest BCUT2D eigenvalue weighted by Gasteiger charge is 2.50. The SMILES string of the molecule is CC1(COCc2ccccc2)CC(=O)CC(C)(COCc2ccccc2)N1O. The summed E-state index contributed by atoms with van der Waals surface area (Å²) in [7, 11) is 0. The number of carbonyl (C=O) groups excluding carboxylic acids is 1. The van der Waals surface area contributed by atoms with Gasteiger partial charge in [0.25, 0.3) is 0 Å². The standard InChI is InChI=1S/C23H29NO4/c1-22(17-27-15-19-9-5-3-6-10-19)13-21(25)14-23(2,24(22)26)18-28-16-20-11-7-4-8-12-20/h3-12,26H,13-18H2,1-2H3. The van der Waals surface area contributed by atoms with Crippen molar-refractivity contribution in [2.24, 2.45) is 0 Å². The summed E-state index contributed by atoms with van der Waals surface area (Å²) < 4.78 is 11.7. The molecule has 0 radical (unpaired) electrons. The Morgan fingerprint density at radius 3 is 1.61 bits per heavy atom. The van der Waals surface area contributed by atoms with E-state index >= 15 is 0 Å². The van der Waals surface area contributed by atoms with Gasteiger partial charge in [0.2, 0.25) is 0 Å². The van der Waals surface area contributed by atoms with E-state index in [2.05, 4.69) is 0 Å². The number of hydroxylamine groups is 2. The second kappa shape index (κ2) is 8.97. The molecule has 5 heteroatoms. The lowest BCUT2D eigenvalue weighted by molar-refractivity contribution is -0.269. The molecule has 28 heavy (non-hydrogen) atoms. The maximum atomic E-state index is 12.5. The number of ketones is 1. The number of hydrogen-bond acceptors (Lipinski definition) is 5. The fourth-order valence-electron chi connectivity index (χ4n) is 3.86. The van der Waals surface area contributed by atoms with E-state index in [1.807, 2.05) is 74.5 Å². The van der Waals surface area contributed by atoms with Gasteiger partial charge in [-0.25, -0.2) is 0 Å². The molecular formula is C23H29NO4. The van der Waals surface area contributed by atoms with Gasteiger partial charge >= 0.3 is 0 Å². The Hall–Kier alpha value is -2.05. The van der Waals surface area contributed by atoms with Crippen LogP contribution in [0.25, 0.3) is 0 Å². The van der Waals surface area contributed by atoms with Crippen molar-refractivity contribution in [2.45, 2.75) is 51.0 Å². The monoisotopic (exact) mass is 383 g/mol. The Bertz CT molecular complexity index is 703. The second-order valence-corrected chi connectivity index (χ2v) is 8.15. The highest BCUT2D eigenvalue weighted by Crippen LogP contribution is 2.36. The minimum absolute atomic E-state index is 0.113. The Balaban J connectivity index is 1.59. The van der Waals surface area contributed by atoms with Crippen molar-refractivity contribution < 1.29 is 19.5 Å². The summed E-state index contributed by atoms with van der Waals surface area (Å²) in [6.07, 6.45) is 0.513. The summed E-state index contributed by atoms with van der Waals surface area (Å²) >= 11 is 0. The van der Waals surface area contributed by atoms with Crippen LogP contribution in [0.15, 0.2) is 60.7 Å². The van der Waals surface area contributed by atoms with Crippen LogP contribution in [0, 0.1) is 0 Å². The normalized spacial score (nSPS) is 25.8. The van der Waals surface area contributed by atoms with Crippen LogP contribution in [-0.4, -0.2) is 40.3 Å². The molecule has 150 valence electrons. The summed E-state index contributed by atoms with van der Waals surface area (Å²) in [6.45, 7) is 5.14. The molecule has 1 fully saturated rings. The predicted molar refractivity (Wildman–Crippen MR) is 107 cm³/mol. The number of ether oxygens (including phenoxy) is 2. The van der Waals surface area contributed by atoms with E-state index in [0.717, 1.165) is 11.1 Å². The molecule has 0 amide bonds. The Labute approximate surface area is 166 Å². The smallest absolute Gasteiger partial charge is 0.136 e. The molecule has 1 heterocycles. The molecule has 3 rings (SSSR count). The van der Waals surface area contributed by atoms with E-state index < -0.39 is 11.1 Å². The average molecular weight is 383 g/mol. The Morgan fingerprint density at radius 2 is 1.21 bits per heavy atom. The molecule has 1 aliphatic rings. The molecule has 2 aromatic carbocycles. The highest BCUT2D eigenvalue weighted by molar-refractivity contribution is 5.81. The minimum atomic E-state index is -0.783. The van der Waals surface area contributed by atoms with E-state index in [1.165, 1.54) is 5.06 Å². The third kappa shape index (κ3) is 5.06. The van der Waals surface area contributed by atoms with Crippen LogP contribution >= 0.6 is 0 Å². The maximum absolute atomic E-state index is 12.5. The zero-order chi connectivity index (χ0) is 20.0. The van der Waals surface area contributed by atoms with Crippen LogP contribution in [0.4, 0.5) is 0 Å². The average Bonchev–Trinajstić information content (AvgIpc) is 2.68. The van der Waals surface area contributed by atoms with Gasteiger partial charge in [-0.15, -0.1) is 0 Å². The molecule has 0 saturated carbocycles. The molecule has 0 bridgehead atoms. The summed E-state index contributed by atoms with van der Waals surface area (Å²) in [5.41, 5.74) is 0.558. The van der Waals surface area contributed by atoms with Crippen molar-refractivity contribution >= 4 is 5.78 Å². The molecule has 0 spiro atoms. The van der Waals surface area contributed by atoms with Gasteiger partial charge < -0.3 is 14.7 Å². The molecule has 5 nitrogen and oxygen atoms in total. The van der Waals surface area contributed by atoms with Crippen LogP contribution in [0.5, 0.6) is 0 Å². The van der Waals surface area contributed by atoms with Crippen molar-refractivity contribution in [3.05, 3.63) is 71.8 Å². The molecule has 2 aromatic rings. The fourth-order valence-corrected chi connectivity index (χ4v) is 3.86. The van der Waals surface area contributed by atoms with Crippen molar-refractivity contribution in [1.82, 2.24) is 5.06 Å². The number of carbonyl (C=O) groups is 1. The first-order valence-electron chi connectivity index (χ1n) is 9.66. The van der Waals surface area contributed by atoms with Crippen molar-refractivity contribution in [1.29, 1.82) is 0 Å². The van der Waals surface area contributed by atoms with Gasteiger partial charge in [0, 0.05) is 12.8 Å². The maximum Gasteiger partial charge on any atom is 0.136 e. The lowest BCUT2D eigenvalue weighted by Crippen LogP contribution is -2.65. The second-order valence-electron chi connectivity index (χ2n) is 8.15. The number of nitrogens with zero attached hydrogens (tertiary/aromatic N) is 1. The van der Waals surface area contributed by atoms with Gasteiger partial charge in [0.05, 0.1) is 37.5 Å². The number of hydrogen-bond donors (Lipinski definition) is 1. The van der Waals surface area contributed by atoms with Gasteiger partial charge in [0.1, 0.15) is 5.78 Å². The third-order valence-corrected chi connectivity index (χ3v) is 5.23. The van der Waals surface area contributed by atoms with Gasteiger partial charge in [-0.1, -0.05) is 60.7 Å². The number of benzene rings is 2. The molecule has 1 aliphatic heterocycles. The molecule has 2 unspecified atom stereocenters. The van der Waals surface area contributed by atoms with Gasteiger partial charge in [0.15, 0.2) is 0 Å². The Kier molecular flexibility index (Phi) is 6.62. The van der Waals surface area contributed by atoms with Crippen molar-refractivity contribution in [3.8, 4) is 0 Å². The fraction of sp³-hybridized carbons (Fsp3) is 0.435. The molecule has 1 saturated heterocycles. The predicted octanol–water partition coefficient (Wildman–Crippen LogP) is 3.99. The molecular weight excluding hydrogens is 354 g/mol. The van der Waals surface area contributed by atoms with E-state index in [4.69, 9.17) is 9.47 Å². The zero-order valence-corrected chi connectivity index (χ0v) is 16.6. The van der Waals surface area contributed by atoms with E-state index in [-0.39, 0.29) is 31.8 Å². The first kappa shape index (κ1) is 20.7. The van der Waals surface area contributed by atoms with Crippen molar-refractivity contribution in [2.75, 3.05) is 13.2 Å². The highest BCUT2D eigenvalue weighted by atomic mass is 16.5. The molecule has 1 N–H and O–H groups in total. The minimum Gasteiger partial charge on any atom is -0.375 e. The molecule has 0 aromatic heterocycles. The van der Waals surface area contributed by atoms with Crippen molar-refractivity contribution in [3.63, 3.8) is 0 Å². The topological polar surface area (TPSA) is 59.0 Å². The largest absolute Gasteiger partial charge is 0.375 e.